The van der Waals surface area contributed by atoms with Gasteiger partial charge in [0, 0.05) is 6.04 Å². The highest BCUT2D eigenvalue weighted by Crippen LogP contribution is 1.93. The fraction of sp³-hybridized carbons (Fsp3) is 1.00. The Bertz CT molecular complexity index is 64.6. The Morgan fingerprint density at radius 1 is 1.40 bits per heavy atom. The van der Waals surface area contributed by atoms with E-state index in [-0.39, 0.29) is 12.6 Å². The fourth-order valence-corrected chi connectivity index (χ4v) is 0.852. The van der Waals surface area contributed by atoms with Crippen LogP contribution in [0.2, 0.25) is 0 Å². The van der Waals surface area contributed by atoms with E-state index in [0.29, 0.717) is 0 Å². The maximum atomic E-state index is 8.74. The van der Waals surface area contributed by atoms with E-state index in [0.717, 1.165) is 19.4 Å². The maximum absolute atomic E-state index is 8.74. The molecule has 3 nitrogen and oxygen atoms in total. The third-order valence-corrected chi connectivity index (χ3v) is 1.61. The quantitative estimate of drug-likeness (QED) is 0.445. The van der Waals surface area contributed by atoms with Crippen molar-refractivity contribution in [1.29, 1.82) is 0 Å². The molecule has 0 aliphatic carbocycles. The molecule has 3 heteroatoms. The molecule has 0 heterocycles. The minimum atomic E-state index is 0.236. The monoisotopic (exact) mass is 146 g/mol. The topological polar surface area (TPSA) is 44.3 Å². The average molecular weight is 146 g/mol. The summed E-state index contributed by atoms with van der Waals surface area (Å²) in [4.78, 5) is 0. The van der Waals surface area contributed by atoms with Crippen LogP contribution in [-0.4, -0.2) is 38.4 Å². The molecule has 0 aliphatic rings. The van der Waals surface area contributed by atoms with E-state index in [4.69, 9.17) is 5.11 Å². The van der Waals surface area contributed by atoms with E-state index in [1.54, 1.807) is 0 Å². The van der Waals surface area contributed by atoms with E-state index >= 15 is 0 Å². The van der Waals surface area contributed by atoms with Crippen molar-refractivity contribution in [1.82, 2.24) is 10.6 Å². The van der Waals surface area contributed by atoms with E-state index in [1.807, 2.05) is 14.1 Å². The molecule has 3 N–H and O–H groups in total. The first-order valence-electron chi connectivity index (χ1n) is 3.77. The molecule has 1 atom stereocenters. The molecule has 0 aromatic heterocycles. The van der Waals surface area contributed by atoms with Crippen LogP contribution in [0.3, 0.4) is 0 Å². The van der Waals surface area contributed by atoms with Gasteiger partial charge in [0.1, 0.15) is 0 Å². The molecule has 0 aromatic rings. The lowest BCUT2D eigenvalue weighted by molar-refractivity contribution is 0.240. The Labute approximate surface area is 62.8 Å². The highest BCUT2D eigenvalue weighted by molar-refractivity contribution is 4.62. The smallest absolute Gasteiger partial charge is 0.0584 e. The van der Waals surface area contributed by atoms with Gasteiger partial charge in [0.05, 0.1) is 6.61 Å². The van der Waals surface area contributed by atoms with Crippen LogP contribution in [0.5, 0.6) is 0 Å². The number of aliphatic hydroxyl groups excluding tert-OH is 1. The van der Waals surface area contributed by atoms with Crippen molar-refractivity contribution in [3.8, 4) is 0 Å². The zero-order chi connectivity index (χ0) is 7.82. The predicted molar refractivity (Wildman–Crippen MR) is 43.1 cm³/mol. The van der Waals surface area contributed by atoms with Gasteiger partial charge >= 0.3 is 0 Å². The molecule has 0 spiro atoms. The number of likely N-dealkylation sites (N-methyl/N-ethyl adjacent to an activating group) is 1. The number of nitrogens with one attached hydrogen (secondary N) is 2. The SMILES string of the molecule is CNCCCC(CO)NC. The first kappa shape index (κ1) is 9.88. The standard InChI is InChI=1S/C7H18N2O/c1-8-5-3-4-7(6-10)9-2/h7-10H,3-6H2,1-2H3. The van der Waals surface area contributed by atoms with Crippen molar-refractivity contribution in [2.45, 2.75) is 18.9 Å². The molecular formula is C7H18N2O. The number of hydrogen-bond donors (Lipinski definition) is 3. The van der Waals surface area contributed by atoms with Gasteiger partial charge in [-0.3, -0.25) is 0 Å². The summed E-state index contributed by atoms with van der Waals surface area (Å²) >= 11 is 0. The zero-order valence-corrected chi connectivity index (χ0v) is 6.85. The van der Waals surface area contributed by atoms with Crippen LogP contribution in [0.4, 0.5) is 0 Å². The summed E-state index contributed by atoms with van der Waals surface area (Å²) in [7, 11) is 3.81. The van der Waals surface area contributed by atoms with Crippen LogP contribution in [0.15, 0.2) is 0 Å². The van der Waals surface area contributed by atoms with Gasteiger partial charge < -0.3 is 15.7 Å². The second-order valence-electron chi connectivity index (χ2n) is 2.41. The Morgan fingerprint density at radius 3 is 2.50 bits per heavy atom. The minimum Gasteiger partial charge on any atom is -0.395 e. The molecule has 0 amide bonds. The Kier molecular flexibility index (Phi) is 6.91. The van der Waals surface area contributed by atoms with Crippen molar-refractivity contribution in [3.63, 3.8) is 0 Å². The average Bonchev–Trinajstić information content (AvgIpc) is 1.99. The van der Waals surface area contributed by atoms with Crippen LogP contribution in [0.25, 0.3) is 0 Å². The summed E-state index contributed by atoms with van der Waals surface area (Å²) in [6.07, 6.45) is 2.15. The molecule has 62 valence electrons. The summed E-state index contributed by atoms with van der Waals surface area (Å²) in [5.74, 6) is 0. The molecule has 0 saturated carbocycles. The van der Waals surface area contributed by atoms with Crippen molar-refractivity contribution < 1.29 is 5.11 Å². The Morgan fingerprint density at radius 2 is 2.10 bits per heavy atom. The van der Waals surface area contributed by atoms with E-state index in [2.05, 4.69) is 10.6 Å². The van der Waals surface area contributed by atoms with E-state index < -0.39 is 0 Å². The van der Waals surface area contributed by atoms with Crippen LogP contribution >= 0.6 is 0 Å². The molecule has 0 radical (unpaired) electrons. The van der Waals surface area contributed by atoms with Gasteiger partial charge in [0.15, 0.2) is 0 Å². The second-order valence-corrected chi connectivity index (χ2v) is 2.41. The van der Waals surface area contributed by atoms with Crippen molar-refractivity contribution in [2.24, 2.45) is 0 Å². The van der Waals surface area contributed by atoms with Gasteiger partial charge in [0.2, 0.25) is 0 Å². The van der Waals surface area contributed by atoms with Crippen LogP contribution in [-0.2, 0) is 0 Å². The lowest BCUT2D eigenvalue weighted by Crippen LogP contribution is -2.29. The van der Waals surface area contributed by atoms with Gasteiger partial charge in [-0.15, -0.1) is 0 Å². The molecule has 0 fully saturated rings. The number of rotatable bonds is 6. The molecule has 0 rings (SSSR count). The van der Waals surface area contributed by atoms with Gasteiger partial charge in [0.25, 0.3) is 0 Å². The van der Waals surface area contributed by atoms with Crippen molar-refractivity contribution in [2.75, 3.05) is 27.2 Å². The maximum Gasteiger partial charge on any atom is 0.0584 e. The largest absolute Gasteiger partial charge is 0.395 e. The summed E-state index contributed by atoms with van der Waals surface area (Å²) in [6, 6.07) is 0.272. The molecule has 0 saturated heterocycles. The molecule has 0 bridgehead atoms. The highest BCUT2D eigenvalue weighted by atomic mass is 16.3. The lowest BCUT2D eigenvalue weighted by atomic mass is 10.2. The van der Waals surface area contributed by atoms with Gasteiger partial charge in [-0.25, -0.2) is 0 Å². The second kappa shape index (κ2) is 6.99. The number of hydrogen-bond acceptors (Lipinski definition) is 3. The van der Waals surface area contributed by atoms with E-state index in [1.165, 1.54) is 0 Å². The van der Waals surface area contributed by atoms with Crippen LogP contribution in [0, 0.1) is 0 Å². The first-order valence-corrected chi connectivity index (χ1v) is 3.77. The van der Waals surface area contributed by atoms with Crippen molar-refractivity contribution >= 4 is 0 Å². The normalized spacial score (nSPS) is 13.5. The molecule has 1 unspecified atom stereocenters. The van der Waals surface area contributed by atoms with Crippen LogP contribution in [0.1, 0.15) is 12.8 Å². The highest BCUT2D eigenvalue weighted by Gasteiger charge is 2.01. The van der Waals surface area contributed by atoms with Crippen LogP contribution < -0.4 is 10.6 Å². The Balaban J connectivity index is 3.09. The molecule has 10 heavy (non-hydrogen) atoms. The third-order valence-electron chi connectivity index (χ3n) is 1.61. The predicted octanol–water partition coefficient (Wildman–Crippen LogP) is -0.434. The Hall–Kier alpha value is -0.120. The van der Waals surface area contributed by atoms with E-state index in [9.17, 15) is 0 Å². The summed E-state index contributed by atoms with van der Waals surface area (Å²) in [5, 5.41) is 14.8. The summed E-state index contributed by atoms with van der Waals surface area (Å²) in [5.41, 5.74) is 0. The zero-order valence-electron chi connectivity index (χ0n) is 6.85. The summed E-state index contributed by atoms with van der Waals surface area (Å²) < 4.78 is 0. The van der Waals surface area contributed by atoms with Crippen molar-refractivity contribution in [3.05, 3.63) is 0 Å². The molecule has 0 aliphatic heterocycles. The molecular weight excluding hydrogens is 128 g/mol. The molecule has 0 aromatic carbocycles. The minimum absolute atomic E-state index is 0.236. The number of aliphatic hydroxyl groups is 1. The fourth-order valence-electron chi connectivity index (χ4n) is 0.852. The third kappa shape index (κ3) is 4.73. The van der Waals surface area contributed by atoms with Gasteiger partial charge in [-0.2, -0.15) is 0 Å². The summed E-state index contributed by atoms with van der Waals surface area (Å²) in [6.45, 7) is 1.26. The van der Waals surface area contributed by atoms with Gasteiger partial charge in [-0.05, 0) is 33.5 Å². The van der Waals surface area contributed by atoms with Gasteiger partial charge in [-0.1, -0.05) is 0 Å². The first-order chi connectivity index (χ1) is 4.85. The lowest BCUT2D eigenvalue weighted by Gasteiger charge is -2.11.